The Labute approximate surface area is 152 Å². The molecular weight excluding hydrogens is 368 g/mol. The number of halogens is 1. The highest BCUT2D eigenvalue weighted by molar-refractivity contribution is 7.80. The molecule has 2 amide bonds. The van der Waals surface area contributed by atoms with Crippen molar-refractivity contribution in [3.8, 4) is 0 Å². The number of nitro groups is 1. The van der Waals surface area contributed by atoms with Gasteiger partial charge in [0.05, 0.1) is 4.92 Å². The van der Waals surface area contributed by atoms with E-state index in [4.69, 9.17) is 23.8 Å². The third-order valence-corrected chi connectivity index (χ3v) is 3.36. The van der Waals surface area contributed by atoms with E-state index < -0.39 is 16.7 Å². The number of hydrogen-bond donors (Lipinski definition) is 3. The van der Waals surface area contributed by atoms with Gasteiger partial charge in [-0.25, -0.2) is 0 Å². The van der Waals surface area contributed by atoms with Crippen LogP contribution in [-0.4, -0.2) is 21.9 Å². The van der Waals surface area contributed by atoms with Gasteiger partial charge in [-0.2, -0.15) is 0 Å². The van der Waals surface area contributed by atoms with Crippen LogP contribution >= 0.6 is 23.8 Å². The van der Waals surface area contributed by atoms with Gasteiger partial charge in [-0.3, -0.25) is 35.9 Å². The highest BCUT2D eigenvalue weighted by Crippen LogP contribution is 2.12. The van der Waals surface area contributed by atoms with Crippen LogP contribution in [0.4, 0.5) is 5.69 Å². The van der Waals surface area contributed by atoms with E-state index in [-0.39, 0.29) is 16.4 Å². The summed E-state index contributed by atoms with van der Waals surface area (Å²) < 4.78 is 0. The SMILES string of the molecule is O=C(NNC(=S)NC(=O)c1cccc(Cl)c1)c1cccc([N+](=O)[O-])c1. The molecule has 3 N–H and O–H groups in total. The Hall–Kier alpha value is -3.04. The molecule has 0 heterocycles. The monoisotopic (exact) mass is 378 g/mol. The van der Waals surface area contributed by atoms with Crippen LogP contribution in [0.1, 0.15) is 20.7 Å². The smallest absolute Gasteiger partial charge is 0.270 e. The zero-order valence-corrected chi connectivity index (χ0v) is 14.1. The van der Waals surface area contributed by atoms with E-state index in [2.05, 4.69) is 16.2 Å². The number of nitro benzene ring substituents is 1. The summed E-state index contributed by atoms with van der Waals surface area (Å²) in [6.45, 7) is 0. The van der Waals surface area contributed by atoms with Crippen LogP contribution in [0.15, 0.2) is 48.5 Å². The molecule has 0 atom stereocenters. The molecule has 8 nitrogen and oxygen atoms in total. The summed E-state index contributed by atoms with van der Waals surface area (Å²) in [4.78, 5) is 34.0. The van der Waals surface area contributed by atoms with Crippen LogP contribution in [0.25, 0.3) is 0 Å². The number of carbonyl (C=O) groups excluding carboxylic acids is 2. The van der Waals surface area contributed by atoms with Crippen molar-refractivity contribution >= 4 is 46.4 Å². The number of hydrazine groups is 1. The Kier molecular flexibility index (Phi) is 5.98. The molecule has 0 unspecified atom stereocenters. The minimum Gasteiger partial charge on any atom is -0.298 e. The lowest BCUT2D eigenvalue weighted by Gasteiger charge is -2.11. The van der Waals surface area contributed by atoms with E-state index in [0.29, 0.717) is 10.6 Å². The zero-order chi connectivity index (χ0) is 18.4. The summed E-state index contributed by atoms with van der Waals surface area (Å²) >= 11 is 10.7. The summed E-state index contributed by atoms with van der Waals surface area (Å²) in [5.41, 5.74) is 4.72. The topological polar surface area (TPSA) is 113 Å². The maximum atomic E-state index is 12.0. The van der Waals surface area contributed by atoms with Crippen LogP contribution in [0.2, 0.25) is 5.02 Å². The molecule has 0 aliphatic carbocycles. The third-order valence-electron chi connectivity index (χ3n) is 2.92. The summed E-state index contributed by atoms with van der Waals surface area (Å²) in [6, 6.07) is 11.4. The number of carbonyl (C=O) groups is 2. The van der Waals surface area contributed by atoms with E-state index in [1.165, 1.54) is 24.3 Å². The lowest BCUT2D eigenvalue weighted by Crippen LogP contribution is -2.48. The first-order valence-electron chi connectivity index (χ1n) is 6.78. The van der Waals surface area contributed by atoms with Gasteiger partial charge < -0.3 is 0 Å². The molecule has 2 aromatic carbocycles. The molecule has 0 saturated heterocycles. The van der Waals surface area contributed by atoms with Gasteiger partial charge in [0.1, 0.15) is 0 Å². The maximum absolute atomic E-state index is 12.0. The summed E-state index contributed by atoms with van der Waals surface area (Å²) in [5.74, 6) is -1.16. The van der Waals surface area contributed by atoms with Crippen molar-refractivity contribution in [1.82, 2.24) is 16.2 Å². The second-order valence-electron chi connectivity index (χ2n) is 4.68. The van der Waals surface area contributed by atoms with Crippen LogP contribution in [-0.2, 0) is 0 Å². The molecule has 2 rings (SSSR count). The number of amides is 2. The molecule has 10 heteroatoms. The number of nitrogens with zero attached hydrogens (tertiary/aromatic N) is 1. The Morgan fingerprint density at radius 1 is 1.00 bits per heavy atom. The molecule has 0 aliphatic rings. The highest BCUT2D eigenvalue weighted by Gasteiger charge is 2.12. The fraction of sp³-hybridized carbons (Fsp3) is 0. The first-order valence-corrected chi connectivity index (χ1v) is 7.57. The maximum Gasteiger partial charge on any atom is 0.270 e. The zero-order valence-electron chi connectivity index (χ0n) is 12.5. The van der Waals surface area contributed by atoms with Crippen LogP contribution in [0, 0.1) is 10.1 Å². The molecule has 0 fully saturated rings. The van der Waals surface area contributed by atoms with Gasteiger partial charge in [-0.05, 0) is 36.5 Å². The van der Waals surface area contributed by atoms with Gasteiger partial charge in [0, 0.05) is 28.3 Å². The molecule has 2 aromatic rings. The first-order chi connectivity index (χ1) is 11.9. The van der Waals surface area contributed by atoms with Crippen molar-refractivity contribution in [3.63, 3.8) is 0 Å². The number of benzene rings is 2. The van der Waals surface area contributed by atoms with Crippen molar-refractivity contribution in [1.29, 1.82) is 0 Å². The van der Waals surface area contributed by atoms with Crippen molar-refractivity contribution < 1.29 is 14.5 Å². The van der Waals surface area contributed by atoms with Gasteiger partial charge >= 0.3 is 0 Å². The molecule has 0 aromatic heterocycles. The van der Waals surface area contributed by atoms with Crippen molar-refractivity contribution in [2.24, 2.45) is 0 Å². The predicted octanol–water partition coefficient (Wildman–Crippen LogP) is 2.20. The van der Waals surface area contributed by atoms with Gasteiger partial charge in [0.2, 0.25) is 0 Å². The average molecular weight is 379 g/mol. The largest absolute Gasteiger partial charge is 0.298 e. The number of thiocarbonyl (C=S) groups is 1. The van der Waals surface area contributed by atoms with Crippen LogP contribution < -0.4 is 16.2 Å². The van der Waals surface area contributed by atoms with Crippen LogP contribution in [0.3, 0.4) is 0 Å². The lowest BCUT2D eigenvalue weighted by atomic mass is 10.2. The molecule has 0 spiro atoms. The minimum absolute atomic E-state index is 0.0608. The summed E-state index contributed by atoms with van der Waals surface area (Å²) in [5, 5.41) is 13.3. The average Bonchev–Trinajstić information content (AvgIpc) is 2.59. The van der Waals surface area contributed by atoms with Crippen LogP contribution in [0.5, 0.6) is 0 Å². The van der Waals surface area contributed by atoms with Gasteiger partial charge in [0.15, 0.2) is 5.11 Å². The van der Waals surface area contributed by atoms with Gasteiger partial charge in [-0.1, -0.05) is 23.7 Å². The van der Waals surface area contributed by atoms with Gasteiger partial charge in [0.25, 0.3) is 17.5 Å². The molecule has 0 radical (unpaired) electrons. The fourth-order valence-corrected chi connectivity index (χ4v) is 2.12. The minimum atomic E-state index is -0.650. The number of nitrogens with one attached hydrogen (secondary N) is 3. The number of hydrogen-bond acceptors (Lipinski definition) is 5. The Bertz CT molecular complexity index is 859. The standard InChI is InChI=1S/C15H11ClN4O4S/c16-11-5-1-3-9(7-11)13(21)17-15(25)19-18-14(22)10-4-2-6-12(8-10)20(23)24/h1-8H,(H,18,22)(H2,17,19,21,25). The van der Waals surface area contributed by atoms with E-state index in [9.17, 15) is 19.7 Å². The fourth-order valence-electron chi connectivity index (χ4n) is 1.78. The molecule has 0 saturated carbocycles. The summed E-state index contributed by atoms with van der Waals surface area (Å²) in [6.07, 6.45) is 0. The predicted molar refractivity (Wildman–Crippen MR) is 95.2 cm³/mol. The molecule has 25 heavy (non-hydrogen) atoms. The Morgan fingerprint density at radius 2 is 1.64 bits per heavy atom. The summed E-state index contributed by atoms with van der Waals surface area (Å²) in [7, 11) is 0. The second-order valence-corrected chi connectivity index (χ2v) is 5.52. The molecule has 128 valence electrons. The van der Waals surface area contributed by atoms with Crippen molar-refractivity contribution in [2.45, 2.75) is 0 Å². The van der Waals surface area contributed by atoms with Crippen molar-refractivity contribution in [2.75, 3.05) is 0 Å². The third kappa shape index (κ3) is 5.23. The van der Waals surface area contributed by atoms with Gasteiger partial charge in [-0.15, -0.1) is 0 Å². The van der Waals surface area contributed by atoms with Crippen molar-refractivity contribution in [3.05, 3.63) is 74.8 Å². The number of non-ortho nitro benzene ring substituents is 1. The second kappa shape index (κ2) is 8.18. The highest BCUT2D eigenvalue weighted by atomic mass is 35.5. The first kappa shape index (κ1) is 18.3. The normalized spacial score (nSPS) is 9.80. The lowest BCUT2D eigenvalue weighted by molar-refractivity contribution is -0.384. The Morgan fingerprint density at radius 3 is 2.28 bits per heavy atom. The molecule has 0 aliphatic heterocycles. The van der Waals surface area contributed by atoms with E-state index >= 15 is 0 Å². The van der Waals surface area contributed by atoms with E-state index in [1.807, 2.05) is 0 Å². The quantitative estimate of drug-likeness (QED) is 0.428. The molecular formula is C15H11ClN4O4S. The molecule has 0 bridgehead atoms. The number of rotatable bonds is 3. The van der Waals surface area contributed by atoms with E-state index in [0.717, 1.165) is 6.07 Å². The Balaban J connectivity index is 1.91. The van der Waals surface area contributed by atoms with E-state index in [1.54, 1.807) is 18.2 Å².